The minimum absolute atomic E-state index is 0.246. The molecule has 0 spiro atoms. The number of hydrogen-bond donors (Lipinski definition) is 0. The molecule has 1 amide bonds. The zero-order chi connectivity index (χ0) is 9.68. The summed E-state index contributed by atoms with van der Waals surface area (Å²) >= 11 is 0. The number of hydrogen-bond acceptors (Lipinski definition) is 3. The molecular formula is C9H15NO3. The van der Waals surface area contributed by atoms with Gasteiger partial charge >= 0.3 is 6.09 Å². The van der Waals surface area contributed by atoms with Crippen molar-refractivity contribution in [3.05, 3.63) is 0 Å². The molecule has 0 unspecified atom stereocenters. The van der Waals surface area contributed by atoms with Crippen molar-refractivity contribution in [2.45, 2.75) is 26.2 Å². The minimum Gasteiger partial charge on any atom is -0.448 e. The highest BCUT2D eigenvalue weighted by Crippen LogP contribution is 2.05. The third-order valence-electron chi connectivity index (χ3n) is 2.12. The van der Waals surface area contributed by atoms with E-state index < -0.39 is 0 Å². The van der Waals surface area contributed by atoms with E-state index in [2.05, 4.69) is 0 Å². The molecule has 0 aromatic rings. The molecule has 0 aromatic heterocycles. The number of ether oxygens (including phenoxy) is 1. The van der Waals surface area contributed by atoms with Crippen LogP contribution in [0.2, 0.25) is 0 Å². The third-order valence-corrected chi connectivity index (χ3v) is 2.12. The van der Waals surface area contributed by atoms with Gasteiger partial charge in [-0.15, -0.1) is 0 Å². The summed E-state index contributed by atoms with van der Waals surface area (Å²) in [5, 5.41) is 0. The lowest BCUT2D eigenvalue weighted by Crippen LogP contribution is -2.25. The number of carbonyl (C=O) groups is 2. The molecule has 13 heavy (non-hydrogen) atoms. The monoisotopic (exact) mass is 185 g/mol. The van der Waals surface area contributed by atoms with E-state index in [0.29, 0.717) is 32.5 Å². The molecule has 1 saturated heterocycles. The summed E-state index contributed by atoms with van der Waals surface area (Å²) in [6.45, 7) is 3.65. The Morgan fingerprint density at radius 2 is 2.38 bits per heavy atom. The van der Waals surface area contributed by atoms with Gasteiger partial charge in [0.1, 0.15) is 12.4 Å². The smallest absolute Gasteiger partial charge is 0.409 e. The van der Waals surface area contributed by atoms with Gasteiger partial charge < -0.3 is 9.64 Å². The lowest BCUT2D eigenvalue weighted by atomic mass is 10.2. The van der Waals surface area contributed by atoms with E-state index >= 15 is 0 Å². The van der Waals surface area contributed by atoms with Crippen molar-refractivity contribution < 1.29 is 14.3 Å². The number of rotatable bonds is 5. The van der Waals surface area contributed by atoms with Crippen LogP contribution >= 0.6 is 0 Å². The van der Waals surface area contributed by atoms with Crippen LogP contribution in [-0.2, 0) is 9.53 Å². The largest absolute Gasteiger partial charge is 0.448 e. The van der Waals surface area contributed by atoms with Gasteiger partial charge in [-0.2, -0.15) is 0 Å². The Balaban J connectivity index is 2.12. The van der Waals surface area contributed by atoms with Gasteiger partial charge in [0.25, 0.3) is 0 Å². The van der Waals surface area contributed by atoms with Crippen LogP contribution < -0.4 is 0 Å². The molecule has 0 bridgehead atoms. The molecule has 1 heterocycles. The molecule has 0 atom stereocenters. The first-order valence-corrected chi connectivity index (χ1v) is 4.67. The molecule has 0 N–H and O–H groups in total. The predicted octanol–water partition coefficient (Wildman–Crippen LogP) is 1.20. The minimum atomic E-state index is -0.246. The standard InChI is InChI=1S/C9H15NO3/c1-2-8(11)4-3-5-10-6-7-13-9(10)12/h2-7H2,1H3. The maximum Gasteiger partial charge on any atom is 0.409 e. The van der Waals surface area contributed by atoms with E-state index in [9.17, 15) is 9.59 Å². The summed E-state index contributed by atoms with van der Waals surface area (Å²) in [5.41, 5.74) is 0. The van der Waals surface area contributed by atoms with Crippen molar-refractivity contribution in [1.82, 2.24) is 4.90 Å². The molecule has 4 heteroatoms. The maximum absolute atomic E-state index is 10.9. The fourth-order valence-corrected chi connectivity index (χ4v) is 1.27. The van der Waals surface area contributed by atoms with Crippen molar-refractivity contribution in [1.29, 1.82) is 0 Å². The summed E-state index contributed by atoms with van der Waals surface area (Å²) in [7, 11) is 0. The Hall–Kier alpha value is -1.06. The number of cyclic esters (lactones) is 1. The summed E-state index contributed by atoms with van der Waals surface area (Å²) in [6.07, 6.45) is 1.66. The van der Waals surface area contributed by atoms with Gasteiger partial charge in [0, 0.05) is 19.4 Å². The van der Waals surface area contributed by atoms with Gasteiger partial charge in [0.15, 0.2) is 0 Å². The molecule has 0 aliphatic carbocycles. The van der Waals surface area contributed by atoms with Crippen molar-refractivity contribution in [2.24, 2.45) is 0 Å². The van der Waals surface area contributed by atoms with Gasteiger partial charge in [-0.25, -0.2) is 4.79 Å². The van der Waals surface area contributed by atoms with Gasteiger partial charge in [-0.1, -0.05) is 6.92 Å². The molecule has 74 valence electrons. The molecule has 4 nitrogen and oxygen atoms in total. The van der Waals surface area contributed by atoms with Crippen LogP contribution in [0, 0.1) is 0 Å². The number of ketones is 1. The van der Waals surface area contributed by atoms with Crippen LogP contribution in [0.5, 0.6) is 0 Å². The van der Waals surface area contributed by atoms with Crippen LogP contribution in [0.1, 0.15) is 26.2 Å². The van der Waals surface area contributed by atoms with Gasteiger partial charge in [0.05, 0.1) is 6.54 Å². The summed E-state index contributed by atoms with van der Waals surface area (Å²) in [4.78, 5) is 23.5. The zero-order valence-electron chi connectivity index (χ0n) is 7.91. The highest BCUT2D eigenvalue weighted by Gasteiger charge is 2.20. The summed E-state index contributed by atoms with van der Waals surface area (Å²) < 4.78 is 4.75. The average molecular weight is 185 g/mol. The maximum atomic E-state index is 10.9. The van der Waals surface area contributed by atoms with E-state index in [0.717, 1.165) is 6.42 Å². The van der Waals surface area contributed by atoms with Crippen molar-refractivity contribution in [3.63, 3.8) is 0 Å². The van der Waals surface area contributed by atoms with Crippen molar-refractivity contribution in [2.75, 3.05) is 19.7 Å². The first-order valence-electron chi connectivity index (χ1n) is 4.67. The van der Waals surface area contributed by atoms with Crippen LogP contribution in [0.3, 0.4) is 0 Å². The van der Waals surface area contributed by atoms with E-state index in [1.807, 2.05) is 6.92 Å². The van der Waals surface area contributed by atoms with Crippen LogP contribution in [0.15, 0.2) is 0 Å². The van der Waals surface area contributed by atoms with Gasteiger partial charge in [-0.05, 0) is 6.42 Å². The number of carbonyl (C=O) groups excluding carboxylic acids is 2. The van der Waals surface area contributed by atoms with Crippen LogP contribution in [0.4, 0.5) is 4.79 Å². The molecular weight excluding hydrogens is 170 g/mol. The SMILES string of the molecule is CCC(=O)CCCN1CCOC1=O. The highest BCUT2D eigenvalue weighted by molar-refractivity contribution is 5.78. The van der Waals surface area contributed by atoms with Gasteiger partial charge in [-0.3, -0.25) is 4.79 Å². The van der Waals surface area contributed by atoms with E-state index in [4.69, 9.17) is 4.74 Å². The second-order valence-corrected chi connectivity index (χ2v) is 3.10. The first kappa shape index (κ1) is 10.0. The number of Topliss-reactive ketones (excluding diaryl/α,β-unsaturated/α-hetero) is 1. The average Bonchev–Trinajstić information content (AvgIpc) is 2.52. The fraction of sp³-hybridized carbons (Fsp3) is 0.778. The lowest BCUT2D eigenvalue weighted by molar-refractivity contribution is -0.118. The van der Waals surface area contributed by atoms with Crippen molar-refractivity contribution in [3.8, 4) is 0 Å². The second-order valence-electron chi connectivity index (χ2n) is 3.10. The molecule has 1 fully saturated rings. The quantitative estimate of drug-likeness (QED) is 0.646. The Morgan fingerprint density at radius 3 is 2.92 bits per heavy atom. The topological polar surface area (TPSA) is 46.6 Å². The Bertz CT molecular complexity index is 203. The molecule has 0 radical (unpaired) electrons. The Morgan fingerprint density at radius 1 is 1.62 bits per heavy atom. The van der Waals surface area contributed by atoms with Crippen LogP contribution in [0.25, 0.3) is 0 Å². The highest BCUT2D eigenvalue weighted by atomic mass is 16.6. The first-order chi connectivity index (χ1) is 6.24. The molecule has 1 rings (SSSR count). The van der Waals surface area contributed by atoms with Crippen LogP contribution in [-0.4, -0.2) is 36.5 Å². The molecule has 0 aromatic carbocycles. The Labute approximate surface area is 77.8 Å². The van der Waals surface area contributed by atoms with E-state index in [-0.39, 0.29) is 11.9 Å². The lowest BCUT2D eigenvalue weighted by Gasteiger charge is -2.10. The molecule has 1 aliphatic rings. The third kappa shape index (κ3) is 3.05. The summed E-state index contributed by atoms with van der Waals surface area (Å²) in [5.74, 6) is 0.257. The summed E-state index contributed by atoms with van der Waals surface area (Å²) in [6, 6.07) is 0. The predicted molar refractivity (Wildman–Crippen MR) is 47.5 cm³/mol. The number of nitrogens with zero attached hydrogens (tertiary/aromatic N) is 1. The normalized spacial score (nSPS) is 16.1. The van der Waals surface area contributed by atoms with Gasteiger partial charge in [0.2, 0.25) is 0 Å². The zero-order valence-corrected chi connectivity index (χ0v) is 7.91. The number of amides is 1. The molecule has 0 saturated carbocycles. The van der Waals surface area contributed by atoms with E-state index in [1.54, 1.807) is 4.90 Å². The fourth-order valence-electron chi connectivity index (χ4n) is 1.27. The Kier molecular flexibility index (Phi) is 3.73. The molecule has 1 aliphatic heterocycles. The van der Waals surface area contributed by atoms with E-state index in [1.165, 1.54) is 0 Å². The second kappa shape index (κ2) is 4.84. The van der Waals surface area contributed by atoms with Crippen molar-refractivity contribution >= 4 is 11.9 Å².